The molecule has 1 heterocycles. The van der Waals surface area contributed by atoms with Crippen molar-refractivity contribution in [1.82, 2.24) is 10.2 Å². The van der Waals surface area contributed by atoms with Gasteiger partial charge in [0.25, 0.3) is 0 Å². The third kappa shape index (κ3) is 1.57. The van der Waals surface area contributed by atoms with Crippen LogP contribution >= 0.6 is 0 Å². The summed E-state index contributed by atoms with van der Waals surface area (Å²) < 4.78 is 14.0. The molecule has 1 aliphatic rings. The van der Waals surface area contributed by atoms with Crippen LogP contribution in [0.5, 0.6) is 0 Å². The molecule has 1 aliphatic carbocycles. The van der Waals surface area contributed by atoms with E-state index in [1.807, 2.05) is 26.0 Å². The second-order valence-electron chi connectivity index (χ2n) is 5.49. The molecule has 0 saturated carbocycles. The number of aromatic nitrogens is 2. The number of H-pyrrole nitrogens is 1. The molecule has 94 valence electrons. The Morgan fingerprint density at radius 2 is 2.00 bits per heavy atom. The fourth-order valence-corrected chi connectivity index (χ4v) is 2.93. The van der Waals surface area contributed by atoms with Gasteiger partial charge in [-0.1, -0.05) is 18.2 Å². The standard InChI is InChI=1S/C15H17FN2/c1-15(2,11-7-3-4-8-12(11)16)14-10-6-5-9-13(10)17-18-14/h3-4,7-8H,5-6,9H2,1-2H3,(H,17,18). The summed E-state index contributed by atoms with van der Waals surface area (Å²) in [7, 11) is 0. The molecule has 3 heteroatoms. The van der Waals surface area contributed by atoms with E-state index in [0.29, 0.717) is 5.56 Å². The first-order chi connectivity index (χ1) is 8.60. The number of fused-ring (bicyclic) bond motifs is 1. The summed E-state index contributed by atoms with van der Waals surface area (Å²) in [6.07, 6.45) is 3.29. The van der Waals surface area contributed by atoms with Gasteiger partial charge in [0.05, 0.1) is 5.69 Å². The van der Waals surface area contributed by atoms with Crippen molar-refractivity contribution < 1.29 is 4.39 Å². The summed E-state index contributed by atoms with van der Waals surface area (Å²) in [4.78, 5) is 0. The van der Waals surface area contributed by atoms with Gasteiger partial charge in [-0.2, -0.15) is 5.10 Å². The molecule has 0 bridgehead atoms. The zero-order chi connectivity index (χ0) is 12.8. The number of aryl methyl sites for hydroxylation is 1. The van der Waals surface area contributed by atoms with Gasteiger partial charge in [-0.25, -0.2) is 4.39 Å². The van der Waals surface area contributed by atoms with E-state index < -0.39 is 0 Å². The lowest BCUT2D eigenvalue weighted by atomic mass is 9.79. The van der Waals surface area contributed by atoms with Crippen LogP contribution in [0.3, 0.4) is 0 Å². The molecule has 0 amide bonds. The van der Waals surface area contributed by atoms with E-state index >= 15 is 0 Å². The Labute approximate surface area is 106 Å². The number of aromatic amines is 1. The van der Waals surface area contributed by atoms with Crippen molar-refractivity contribution in [2.24, 2.45) is 0 Å². The molecule has 0 spiro atoms. The predicted molar refractivity (Wildman–Crippen MR) is 69.1 cm³/mol. The molecule has 1 N–H and O–H groups in total. The largest absolute Gasteiger partial charge is 0.282 e. The first-order valence-corrected chi connectivity index (χ1v) is 6.42. The minimum atomic E-state index is -0.389. The molecule has 0 atom stereocenters. The Hall–Kier alpha value is -1.64. The highest BCUT2D eigenvalue weighted by atomic mass is 19.1. The van der Waals surface area contributed by atoms with Gasteiger partial charge in [0.2, 0.25) is 0 Å². The molecule has 0 radical (unpaired) electrons. The Bertz CT molecular complexity index is 584. The number of hydrogen-bond acceptors (Lipinski definition) is 1. The van der Waals surface area contributed by atoms with E-state index in [4.69, 9.17) is 0 Å². The summed E-state index contributed by atoms with van der Waals surface area (Å²) >= 11 is 0. The number of benzene rings is 1. The molecule has 0 fully saturated rings. The number of hydrogen-bond donors (Lipinski definition) is 1. The van der Waals surface area contributed by atoms with Crippen LogP contribution in [0.25, 0.3) is 0 Å². The van der Waals surface area contributed by atoms with Gasteiger partial charge in [0.1, 0.15) is 5.82 Å². The summed E-state index contributed by atoms with van der Waals surface area (Å²) in [6, 6.07) is 6.98. The Morgan fingerprint density at radius 3 is 2.78 bits per heavy atom. The van der Waals surface area contributed by atoms with Gasteiger partial charge in [-0.05, 0) is 50.3 Å². The van der Waals surface area contributed by atoms with Crippen molar-refractivity contribution in [2.75, 3.05) is 0 Å². The quantitative estimate of drug-likeness (QED) is 0.862. The molecule has 18 heavy (non-hydrogen) atoms. The van der Waals surface area contributed by atoms with Gasteiger partial charge in [0, 0.05) is 11.1 Å². The molecule has 0 unspecified atom stereocenters. The zero-order valence-corrected chi connectivity index (χ0v) is 10.8. The number of nitrogens with one attached hydrogen (secondary N) is 1. The summed E-state index contributed by atoms with van der Waals surface area (Å²) in [5, 5.41) is 7.54. The first-order valence-electron chi connectivity index (χ1n) is 6.42. The fourth-order valence-electron chi connectivity index (χ4n) is 2.93. The van der Waals surface area contributed by atoms with Crippen LogP contribution in [-0.4, -0.2) is 10.2 Å². The lowest BCUT2D eigenvalue weighted by Crippen LogP contribution is -2.22. The predicted octanol–water partition coefficient (Wildman–Crippen LogP) is 3.36. The maximum absolute atomic E-state index is 14.0. The van der Waals surface area contributed by atoms with Crippen LogP contribution in [0.4, 0.5) is 4.39 Å². The highest BCUT2D eigenvalue weighted by Crippen LogP contribution is 2.37. The van der Waals surface area contributed by atoms with Crippen molar-refractivity contribution >= 4 is 0 Å². The van der Waals surface area contributed by atoms with Gasteiger partial charge in [-0.3, -0.25) is 5.10 Å². The maximum atomic E-state index is 14.0. The van der Waals surface area contributed by atoms with Crippen molar-refractivity contribution in [2.45, 2.75) is 38.5 Å². The smallest absolute Gasteiger partial charge is 0.127 e. The summed E-state index contributed by atoms with van der Waals surface area (Å²) in [6.45, 7) is 4.08. The average Bonchev–Trinajstić information content (AvgIpc) is 2.90. The van der Waals surface area contributed by atoms with Gasteiger partial charge in [0.15, 0.2) is 0 Å². The van der Waals surface area contributed by atoms with Gasteiger partial charge in [-0.15, -0.1) is 0 Å². The number of nitrogens with zero attached hydrogens (tertiary/aromatic N) is 1. The van der Waals surface area contributed by atoms with Crippen molar-refractivity contribution in [1.29, 1.82) is 0 Å². The van der Waals surface area contributed by atoms with E-state index in [9.17, 15) is 4.39 Å². The number of halogens is 1. The van der Waals surface area contributed by atoms with E-state index in [1.54, 1.807) is 6.07 Å². The van der Waals surface area contributed by atoms with Crippen LogP contribution in [0.2, 0.25) is 0 Å². The minimum absolute atomic E-state index is 0.155. The number of rotatable bonds is 2. The molecule has 1 aromatic heterocycles. The molecule has 0 saturated heterocycles. The monoisotopic (exact) mass is 244 g/mol. The second kappa shape index (κ2) is 3.94. The van der Waals surface area contributed by atoms with Crippen molar-refractivity contribution in [3.63, 3.8) is 0 Å². The Morgan fingerprint density at radius 1 is 1.22 bits per heavy atom. The zero-order valence-electron chi connectivity index (χ0n) is 10.8. The molecular weight excluding hydrogens is 227 g/mol. The van der Waals surface area contributed by atoms with Crippen molar-refractivity contribution in [3.8, 4) is 0 Å². The third-order valence-electron chi connectivity index (χ3n) is 3.95. The van der Waals surface area contributed by atoms with Crippen LogP contribution < -0.4 is 0 Å². The fraction of sp³-hybridized carbons (Fsp3) is 0.400. The highest BCUT2D eigenvalue weighted by molar-refractivity contribution is 5.42. The normalized spacial score (nSPS) is 14.8. The average molecular weight is 244 g/mol. The molecule has 0 aliphatic heterocycles. The molecule has 3 rings (SSSR count). The molecule has 2 aromatic rings. The third-order valence-corrected chi connectivity index (χ3v) is 3.95. The highest BCUT2D eigenvalue weighted by Gasteiger charge is 2.33. The maximum Gasteiger partial charge on any atom is 0.127 e. The molecule has 2 nitrogen and oxygen atoms in total. The summed E-state index contributed by atoms with van der Waals surface area (Å²) in [5.41, 5.74) is 3.85. The van der Waals surface area contributed by atoms with E-state index in [2.05, 4.69) is 10.2 Å². The van der Waals surface area contributed by atoms with Crippen LogP contribution in [0, 0.1) is 5.82 Å². The van der Waals surface area contributed by atoms with Crippen LogP contribution in [0.15, 0.2) is 24.3 Å². The van der Waals surface area contributed by atoms with Gasteiger partial charge < -0.3 is 0 Å². The minimum Gasteiger partial charge on any atom is -0.282 e. The Kier molecular flexibility index (Phi) is 2.51. The first kappa shape index (κ1) is 11.5. The van der Waals surface area contributed by atoms with Gasteiger partial charge >= 0.3 is 0 Å². The molecule has 1 aromatic carbocycles. The lowest BCUT2D eigenvalue weighted by Gasteiger charge is -2.24. The topological polar surface area (TPSA) is 28.7 Å². The second-order valence-corrected chi connectivity index (χ2v) is 5.49. The SMILES string of the molecule is CC(C)(c1ccccc1F)c1n[nH]c2c1CCC2. The summed E-state index contributed by atoms with van der Waals surface area (Å²) in [5.74, 6) is -0.155. The lowest BCUT2D eigenvalue weighted by molar-refractivity contribution is 0.534. The van der Waals surface area contributed by atoms with Crippen LogP contribution in [0.1, 0.15) is 42.8 Å². The Balaban J connectivity index is 2.12. The van der Waals surface area contributed by atoms with E-state index in [0.717, 1.165) is 18.5 Å². The van der Waals surface area contributed by atoms with E-state index in [1.165, 1.54) is 23.7 Å². The van der Waals surface area contributed by atoms with Crippen molar-refractivity contribution in [3.05, 3.63) is 52.6 Å². The van der Waals surface area contributed by atoms with Crippen LogP contribution in [-0.2, 0) is 18.3 Å². The molecular formula is C15H17FN2. The van der Waals surface area contributed by atoms with E-state index in [-0.39, 0.29) is 11.2 Å².